The molecule has 0 amide bonds. The van der Waals surface area contributed by atoms with Gasteiger partial charge in [-0.25, -0.2) is 4.57 Å². The number of carboxylic acid groups (broad SMARTS) is 1. The molecule has 3 atom stereocenters. The Morgan fingerprint density at radius 1 is 0.532 bits per heavy atom. The summed E-state index contributed by atoms with van der Waals surface area (Å²) in [5.41, 5.74) is 5.37. The molecule has 362 valence electrons. The average Bonchev–Trinajstić information content (AvgIpc) is 3.25. The first kappa shape index (κ1) is 59.9. The normalized spacial score (nSPS) is 14.1. The number of hydrogen-bond donors (Lipinski definition) is 3. The number of carbonyl (C=O) groups is 2. The Bertz CT molecular complexity index is 1170. The summed E-state index contributed by atoms with van der Waals surface area (Å²) in [6.07, 6.45) is 55.9. The summed E-state index contributed by atoms with van der Waals surface area (Å²) in [5.74, 6) is -1.78. The molecule has 0 aliphatic carbocycles. The first-order valence-electron chi connectivity index (χ1n) is 25.2. The molecule has 0 aromatic carbocycles. The third-order valence-electron chi connectivity index (χ3n) is 10.9. The van der Waals surface area contributed by atoms with Crippen LogP contribution in [0.25, 0.3) is 0 Å². The van der Waals surface area contributed by atoms with E-state index in [9.17, 15) is 19.0 Å². The van der Waals surface area contributed by atoms with E-state index in [4.69, 9.17) is 29.4 Å². The molecule has 0 rings (SSSR count). The van der Waals surface area contributed by atoms with Crippen molar-refractivity contribution >= 4 is 19.8 Å². The minimum absolute atomic E-state index is 0.0175. The molecular weight excluding hydrogens is 802 g/mol. The molecule has 0 fully saturated rings. The van der Waals surface area contributed by atoms with Crippen molar-refractivity contribution in [1.82, 2.24) is 0 Å². The minimum atomic E-state index is -4.62. The van der Waals surface area contributed by atoms with Crippen molar-refractivity contribution in [3.8, 4) is 0 Å². The van der Waals surface area contributed by atoms with E-state index in [1.165, 1.54) is 128 Å². The maximum absolute atomic E-state index is 12.7. The van der Waals surface area contributed by atoms with Crippen molar-refractivity contribution in [2.75, 3.05) is 26.4 Å². The third-order valence-corrected chi connectivity index (χ3v) is 11.8. The van der Waals surface area contributed by atoms with Gasteiger partial charge in [-0.15, -0.1) is 0 Å². The molecular formula is C51H94NO9P. The summed E-state index contributed by atoms with van der Waals surface area (Å²) in [5, 5.41) is 8.92. The van der Waals surface area contributed by atoms with Gasteiger partial charge in [-0.05, 0) is 51.4 Å². The van der Waals surface area contributed by atoms with Gasteiger partial charge in [-0.1, -0.05) is 217 Å². The second-order valence-electron chi connectivity index (χ2n) is 16.9. The lowest BCUT2D eigenvalue weighted by Crippen LogP contribution is -2.34. The fraction of sp³-hybridized carbons (Fsp3) is 0.804. The van der Waals surface area contributed by atoms with Crippen LogP contribution in [0.15, 0.2) is 48.6 Å². The summed E-state index contributed by atoms with van der Waals surface area (Å²) in [4.78, 5) is 33.7. The topological polar surface area (TPSA) is 155 Å². The van der Waals surface area contributed by atoms with Crippen LogP contribution in [0.4, 0.5) is 0 Å². The van der Waals surface area contributed by atoms with E-state index in [1.807, 2.05) is 0 Å². The standard InChI is InChI=1S/C51H94NO9P/c1-3-5-7-9-11-13-15-17-19-21-22-23-24-25-26-27-29-31-33-35-37-39-41-43-50(53)61-48(46-59-62(56,57)60-47-49(52)51(54)55)45-58-44-42-40-38-36-34-32-30-28-20-18-16-14-12-10-8-6-4-2/h5,7,11,13,17,19,22-23,48-49H,3-4,6,8-10,12,14-16,18,20-21,24-47,52H2,1-2H3,(H,54,55)(H,56,57)/b7-5-,13-11-,19-17-,23-22-. The summed E-state index contributed by atoms with van der Waals surface area (Å²) in [6, 6.07) is -1.47. The number of allylic oxidation sites excluding steroid dienone is 8. The molecule has 0 heterocycles. The van der Waals surface area contributed by atoms with E-state index in [-0.39, 0.29) is 13.0 Å². The van der Waals surface area contributed by atoms with Crippen LogP contribution < -0.4 is 5.73 Å². The molecule has 11 heteroatoms. The second kappa shape index (κ2) is 46.9. The molecule has 0 spiro atoms. The minimum Gasteiger partial charge on any atom is -0.480 e. The molecule has 3 unspecified atom stereocenters. The van der Waals surface area contributed by atoms with Crippen LogP contribution in [0, 0.1) is 0 Å². The molecule has 0 aliphatic rings. The SMILES string of the molecule is CC/C=C\C/C=C\C/C=C\C/C=C\CCCCCCCCCCCCC(=O)OC(COCCCCCCCCCCCCCCCCCCC)COP(=O)(O)OCC(N)C(=O)O. The summed E-state index contributed by atoms with van der Waals surface area (Å²) < 4.78 is 33.5. The number of carboxylic acids is 1. The lowest BCUT2D eigenvalue weighted by molar-refractivity contribution is -0.154. The van der Waals surface area contributed by atoms with Crippen molar-refractivity contribution < 1.29 is 42.7 Å². The first-order chi connectivity index (χ1) is 30.2. The van der Waals surface area contributed by atoms with E-state index in [2.05, 4.69) is 62.5 Å². The Morgan fingerprint density at radius 2 is 0.935 bits per heavy atom. The first-order valence-corrected chi connectivity index (χ1v) is 26.7. The van der Waals surface area contributed by atoms with Crippen LogP contribution >= 0.6 is 7.82 Å². The van der Waals surface area contributed by atoms with E-state index in [1.54, 1.807) is 0 Å². The number of nitrogens with two attached hydrogens (primary N) is 1. The lowest BCUT2D eigenvalue weighted by Gasteiger charge is -2.20. The molecule has 10 nitrogen and oxygen atoms in total. The van der Waals surface area contributed by atoms with Crippen LogP contribution in [-0.2, 0) is 32.7 Å². The number of unbranched alkanes of at least 4 members (excludes halogenated alkanes) is 26. The Morgan fingerprint density at radius 3 is 1.40 bits per heavy atom. The second-order valence-corrected chi connectivity index (χ2v) is 18.4. The highest BCUT2D eigenvalue weighted by molar-refractivity contribution is 7.47. The molecule has 0 aromatic heterocycles. The molecule has 0 aromatic rings. The van der Waals surface area contributed by atoms with Gasteiger partial charge in [0.15, 0.2) is 0 Å². The number of rotatable bonds is 48. The van der Waals surface area contributed by atoms with Crippen LogP contribution in [-0.4, -0.2) is 60.5 Å². The van der Waals surface area contributed by atoms with Crippen LogP contribution in [0.2, 0.25) is 0 Å². The van der Waals surface area contributed by atoms with Crippen molar-refractivity contribution in [3.63, 3.8) is 0 Å². The molecule has 0 radical (unpaired) electrons. The highest BCUT2D eigenvalue weighted by Gasteiger charge is 2.27. The number of phosphoric ester groups is 1. The number of aliphatic carboxylic acids is 1. The van der Waals surface area contributed by atoms with Crippen LogP contribution in [0.1, 0.15) is 226 Å². The van der Waals surface area contributed by atoms with Gasteiger partial charge in [0.05, 0.1) is 19.8 Å². The maximum atomic E-state index is 12.7. The zero-order valence-electron chi connectivity index (χ0n) is 39.7. The Kier molecular flexibility index (Phi) is 45.3. The van der Waals surface area contributed by atoms with Gasteiger partial charge in [0.2, 0.25) is 0 Å². The summed E-state index contributed by atoms with van der Waals surface area (Å²) in [6.45, 7) is 3.80. The smallest absolute Gasteiger partial charge is 0.472 e. The fourth-order valence-corrected chi connectivity index (χ4v) is 7.79. The predicted octanol–water partition coefficient (Wildman–Crippen LogP) is 14.6. The molecule has 62 heavy (non-hydrogen) atoms. The molecule has 0 saturated heterocycles. The third kappa shape index (κ3) is 45.9. The Balaban J connectivity index is 4.13. The fourth-order valence-electron chi connectivity index (χ4n) is 7.01. The maximum Gasteiger partial charge on any atom is 0.472 e. The predicted molar refractivity (Wildman–Crippen MR) is 258 cm³/mol. The number of esters is 1. The van der Waals surface area contributed by atoms with Gasteiger partial charge in [0, 0.05) is 13.0 Å². The van der Waals surface area contributed by atoms with E-state index in [0.29, 0.717) is 13.0 Å². The van der Waals surface area contributed by atoms with Crippen molar-refractivity contribution in [3.05, 3.63) is 48.6 Å². The van der Waals surface area contributed by atoms with Gasteiger partial charge >= 0.3 is 19.8 Å². The summed E-state index contributed by atoms with van der Waals surface area (Å²) in [7, 11) is -4.62. The van der Waals surface area contributed by atoms with Gasteiger partial charge in [-0.2, -0.15) is 0 Å². The quantitative estimate of drug-likeness (QED) is 0.0233. The molecule has 4 N–H and O–H groups in total. The Hall–Kier alpha value is -2.07. The summed E-state index contributed by atoms with van der Waals surface area (Å²) >= 11 is 0. The van der Waals surface area contributed by atoms with Crippen molar-refractivity contribution in [2.45, 2.75) is 238 Å². The Labute approximate surface area is 379 Å². The highest BCUT2D eigenvalue weighted by atomic mass is 31.2. The largest absolute Gasteiger partial charge is 0.480 e. The zero-order valence-corrected chi connectivity index (χ0v) is 40.6. The van der Waals surface area contributed by atoms with Crippen molar-refractivity contribution in [2.24, 2.45) is 5.73 Å². The zero-order chi connectivity index (χ0) is 45.5. The van der Waals surface area contributed by atoms with Gasteiger partial charge in [0.1, 0.15) is 12.1 Å². The van der Waals surface area contributed by atoms with E-state index >= 15 is 0 Å². The van der Waals surface area contributed by atoms with E-state index < -0.39 is 45.1 Å². The number of phosphoric acid groups is 1. The lowest BCUT2D eigenvalue weighted by atomic mass is 10.0. The molecule has 0 aliphatic heterocycles. The number of hydrogen-bond acceptors (Lipinski definition) is 8. The van der Waals surface area contributed by atoms with Gasteiger partial charge < -0.3 is 25.2 Å². The van der Waals surface area contributed by atoms with Gasteiger partial charge in [-0.3, -0.25) is 18.6 Å². The van der Waals surface area contributed by atoms with Crippen LogP contribution in [0.5, 0.6) is 0 Å². The molecule has 0 saturated carbocycles. The monoisotopic (exact) mass is 896 g/mol. The number of ether oxygens (including phenoxy) is 2. The van der Waals surface area contributed by atoms with Gasteiger partial charge in [0.25, 0.3) is 0 Å². The van der Waals surface area contributed by atoms with Crippen molar-refractivity contribution in [1.29, 1.82) is 0 Å². The molecule has 0 bridgehead atoms. The van der Waals surface area contributed by atoms with Crippen LogP contribution in [0.3, 0.4) is 0 Å². The highest BCUT2D eigenvalue weighted by Crippen LogP contribution is 2.43. The van der Waals surface area contributed by atoms with E-state index in [0.717, 1.165) is 70.6 Å². The number of carbonyl (C=O) groups excluding carboxylic acids is 1. The average molecular weight is 896 g/mol.